The Kier molecular flexibility index (Phi) is 1.74. The predicted molar refractivity (Wildman–Crippen MR) is 44.3 cm³/mol. The van der Waals surface area contributed by atoms with Gasteiger partial charge in [-0.15, -0.1) is 0 Å². The molecule has 0 heterocycles. The molecule has 1 atom stereocenters. The van der Waals surface area contributed by atoms with E-state index in [2.05, 4.69) is 0 Å². The van der Waals surface area contributed by atoms with Gasteiger partial charge < -0.3 is 4.79 Å². The van der Waals surface area contributed by atoms with Crippen molar-refractivity contribution in [1.82, 2.24) is 0 Å². The van der Waals surface area contributed by atoms with Crippen molar-refractivity contribution in [3.05, 3.63) is 0 Å². The Morgan fingerprint density at radius 1 is 1.27 bits per heavy atom. The molecular formula is C10H16O. The lowest BCUT2D eigenvalue weighted by Crippen LogP contribution is -2.20. The van der Waals surface area contributed by atoms with Crippen LogP contribution in [0.2, 0.25) is 0 Å². The van der Waals surface area contributed by atoms with Crippen LogP contribution in [0.3, 0.4) is 0 Å². The first kappa shape index (κ1) is 7.33. The van der Waals surface area contributed by atoms with Crippen molar-refractivity contribution in [2.45, 2.75) is 44.9 Å². The molecule has 0 aromatic carbocycles. The Morgan fingerprint density at radius 3 is 2.73 bits per heavy atom. The minimum atomic E-state index is 0.666. The van der Waals surface area contributed by atoms with Crippen LogP contribution in [-0.4, -0.2) is 6.29 Å². The Balaban J connectivity index is 1.98. The molecule has 1 spiro atoms. The predicted octanol–water partition coefficient (Wildman–Crippen LogP) is 2.55. The first-order valence-corrected chi connectivity index (χ1v) is 4.81. The van der Waals surface area contributed by atoms with E-state index in [1.165, 1.54) is 38.5 Å². The molecular weight excluding hydrogens is 136 g/mol. The molecule has 1 nitrogen and oxygen atoms in total. The molecule has 0 radical (unpaired) electrons. The Labute approximate surface area is 68.2 Å². The van der Waals surface area contributed by atoms with E-state index in [-0.39, 0.29) is 0 Å². The Bertz CT molecular complexity index is 158. The first-order valence-electron chi connectivity index (χ1n) is 4.81. The largest absolute Gasteiger partial charge is 0.303 e. The van der Waals surface area contributed by atoms with E-state index in [1.54, 1.807) is 0 Å². The third-order valence-electron chi connectivity index (χ3n) is 3.62. The van der Waals surface area contributed by atoms with Crippen LogP contribution in [0.5, 0.6) is 0 Å². The summed E-state index contributed by atoms with van der Waals surface area (Å²) in [6.45, 7) is 0. The van der Waals surface area contributed by atoms with Crippen LogP contribution in [0.15, 0.2) is 0 Å². The third-order valence-corrected chi connectivity index (χ3v) is 3.62. The molecule has 2 saturated carbocycles. The zero-order valence-electron chi connectivity index (χ0n) is 7.01. The van der Waals surface area contributed by atoms with Crippen molar-refractivity contribution in [3.8, 4) is 0 Å². The van der Waals surface area contributed by atoms with E-state index in [9.17, 15) is 4.79 Å². The second-order valence-corrected chi connectivity index (χ2v) is 4.21. The van der Waals surface area contributed by atoms with Gasteiger partial charge in [0.25, 0.3) is 0 Å². The number of aldehydes is 1. The van der Waals surface area contributed by atoms with Gasteiger partial charge >= 0.3 is 0 Å². The average molecular weight is 152 g/mol. The maximum Gasteiger partial charge on any atom is 0.120 e. The number of carbonyl (C=O) groups excluding carboxylic acids is 1. The number of hydrogen-bond donors (Lipinski definition) is 0. The highest BCUT2D eigenvalue weighted by atomic mass is 16.1. The van der Waals surface area contributed by atoms with Crippen LogP contribution in [0, 0.1) is 11.3 Å². The molecule has 2 aliphatic rings. The summed E-state index contributed by atoms with van der Waals surface area (Å²) in [5.74, 6) is 0.758. The summed E-state index contributed by atoms with van der Waals surface area (Å²) in [7, 11) is 0. The SMILES string of the molecule is O=CCC1CCCCC12CC2. The minimum Gasteiger partial charge on any atom is -0.303 e. The van der Waals surface area contributed by atoms with E-state index in [0.29, 0.717) is 5.41 Å². The second-order valence-electron chi connectivity index (χ2n) is 4.21. The van der Waals surface area contributed by atoms with Gasteiger partial charge in [-0.05, 0) is 37.0 Å². The average Bonchev–Trinajstić information content (AvgIpc) is 2.77. The van der Waals surface area contributed by atoms with Gasteiger partial charge in [-0.25, -0.2) is 0 Å². The van der Waals surface area contributed by atoms with E-state index in [1.807, 2.05) is 0 Å². The molecule has 2 fully saturated rings. The minimum absolute atomic E-state index is 0.666. The highest BCUT2D eigenvalue weighted by molar-refractivity contribution is 5.50. The van der Waals surface area contributed by atoms with Crippen molar-refractivity contribution in [2.24, 2.45) is 11.3 Å². The molecule has 0 bridgehead atoms. The van der Waals surface area contributed by atoms with Crippen molar-refractivity contribution in [2.75, 3.05) is 0 Å². The highest BCUT2D eigenvalue weighted by Crippen LogP contribution is 2.60. The zero-order chi connectivity index (χ0) is 7.73. The summed E-state index contributed by atoms with van der Waals surface area (Å²) >= 11 is 0. The summed E-state index contributed by atoms with van der Waals surface area (Å²) in [5, 5.41) is 0. The molecule has 0 saturated heterocycles. The van der Waals surface area contributed by atoms with Gasteiger partial charge in [0, 0.05) is 6.42 Å². The van der Waals surface area contributed by atoms with Crippen LogP contribution in [0.25, 0.3) is 0 Å². The monoisotopic (exact) mass is 152 g/mol. The summed E-state index contributed by atoms with van der Waals surface area (Å²) in [4.78, 5) is 10.4. The zero-order valence-corrected chi connectivity index (χ0v) is 7.01. The lowest BCUT2D eigenvalue weighted by Gasteiger charge is -2.30. The topological polar surface area (TPSA) is 17.1 Å². The summed E-state index contributed by atoms with van der Waals surface area (Å²) in [6, 6.07) is 0. The number of carbonyl (C=O) groups is 1. The summed E-state index contributed by atoms with van der Waals surface area (Å²) in [6.07, 6.45) is 10.3. The lowest BCUT2D eigenvalue weighted by atomic mass is 9.75. The van der Waals surface area contributed by atoms with Crippen molar-refractivity contribution >= 4 is 6.29 Å². The van der Waals surface area contributed by atoms with Gasteiger partial charge in [-0.3, -0.25) is 0 Å². The van der Waals surface area contributed by atoms with Crippen molar-refractivity contribution in [1.29, 1.82) is 0 Å². The molecule has 2 aliphatic carbocycles. The van der Waals surface area contributed by atoms with Gasteiger partial charge in [0.15, 0.2) is 0 Å². The van der Waals surface area contributed by atoms with Crippen LogP contribution in [0.4, 0.5) is 0 Å². The molecule has 1 unspecified atom stereocenters. The molecule has 0 N–H and O–H groups in total. The molecule has 11 heavy (non-hydrogen) atoms. The fraction of sp³-hybridized carbons (Fsp3) is 0.900. The Morgan fingerprint density at radius 2 is 2.09 bits per heavy atom. The molecule has 0 aromatic rings. The molecule has 1 heteroatoms. The Hall–Kier alpha value is -0.330. The van der Waals surface area contributed by atoms with E-state index in [4.69, 9.17) is 0 Å². The van der Waals surface area contributed by atoms with Crippen LogP contribution >= 0.6 is 0 Å². The van der Waals surface area contributed by atoms with Gasteiger partial charge in [-0.1, -0.05) is 12.8 Å². The van der Waals surface area contributed by atoms with E-state index < -0.39 is 0 Å². The summed E-state index contributed by atoms with van der Waals surface area (Å²) in [5.41, 5.74) is 0.666. The van der Waals surface area contributed by atoms with Crippen LogP contribution in [-0.2, 0) is 4.79 Å². The lowest BCUT2D eigenvalue weighted by molar-refractivity contribution is -0.109. The quantitative estimate of drug-likeness (QED) is 0.556. The van der Waals surface area contributed by atoms with E-state index >= 15 is 0 Å². The van der Waals surface area contributed by atoms with E-state index in [0.717, 1.165) is 18.6 Å². The maximum atomic E-state index is 10.4. The number of rotatable bonds is 2. The first-order chi connectivity index (χ1) is 5.37. The molecule has 0 aliphatic heterocycles. The smallest absolute Gasteiger partial charge is 0.120 e. The van der Waals surface area contributed by atoms with Gasteiger partial charge in [0.2, 0.25) is 0 Å². The molecule has 0 aromatic heterocycles. The second kappa shape index (κ2) is 2.62. The molecule has 62 valence electrons. The highest BCUT2D eigenvalue weighted by Gasteiger charge is 2.49. The molecule has 0 amide bonds. The number of hydrogen-bond acceptors (Lipinski definition) is 1. The fourth-order valence-electron chi connectivity index (χ4n) is 2.68. The van der Waals surface area contributed by atoms with Gasteiger partial charge in [-0.2, -0.15) is 0 Å². The van der Waals surface area contributed by atoms with Gasteiger partial charge in [0.05, 0.1) is 0 Å². The fourth-order valence-corrected chi connectivity index (χ4v) is 2.68. The van der Waals surface area contributed by atoms with Crippen LogP contribution < -0.4 is 0 Å². The van der Waals surface area contributed by atoms with Crippen molar-refractivity contribution < 1.29 is 4.79 Å². The normalized spacial score (nSPS) is 33.6. The third kappa shape index (κ3) is 1.21. The molecule has 2 rings (SSSR count). The maximum absolute atomic E-state index is 10.4. The summed E-state index contributed by atoms with van der Waals surface area (Å²) < 4.78 is 0. The van der Waals surface area contributed by atoms with Crippen LogP contribution in [0.1, 0.15) is 44.9 Å². The van der Waals surface area contributed by atoms with Gasteiger partial charge in [0.1, 0.15) is 6.29 Å². The standard InChI is InChI=1S/C10H16O/c11-8-4-9-3-1-2-5-10(9)6-7-10/h8-9H,1-7H2. The van der Waals surface area contributed by atoms with Crippen molar-refractivity contribution in [3.63, 3.8) is 0 Å².